The van der Waals surface area contributed by atoms with Crippen LogP contribution in [0.3, 0.4) is 0 Å². The first-order chi connectivity index (χ1) is 20.5. The van der Waals surface area contributed by atoms with E-state index in [1.54, 1.807) is 24.3 Å². The number of aliphatic hydroxyl groups excluding tert-OH is 2. The van der Waals surface area contributed by atoms with Gasteiger partial charge in [0.25, 0.3) is 0 Å². The van der Waals surface area contributed by atoms with Crippen LogP contribution in [0, 0.1) is 0 Å². The summed E-state index contributed by atoms with van der Waals surface area (Å²) in [4.78, 5) is 36.5. The van der Waals surface area contributed by atoms with Crippen LogP contribution in [0.15, 0.2) is 36.4 Å². The van der Waals surface area contributed by atoms with E-state index < -0.39 is 11.9 Å². The van der Waals surface area contributed by atoms with Gasteiger partial charge in [0, 0.05) is 39.3 Å². The zero-order chi connectivity index (χ0) is 30.2. The normalized spacial score (nSPS) is 17.0. The molecule has 2 heterocycles. The molecular weight excluding hydrogens is 544 g/mol. The Labute approximate surface area is 247 Å². The predicted molar refractivity (Wildman–Crippen MR) is 154 cm³/mol. The maximum absolute atomic E-state index is 11.8. The summed E-state index contributed by atoms with van der Waals surface area (Å²) in [7, 11) is 2.65. The highest BCUT2D eigenvalue weighted by Crippen LogP contribution is 2.24. The first-order valence-corrected chi connectivity index (χ1v) is 14.5. The third-order valence-electron chi connectivity index (χ3n) is 7.13. The van der Waals surface area contributed by atoms with E-state index >= 15 is 0 Å². The number of ether oxygens (including phenoxy) is 4. The number of carbonyl (C=O) groups is 2. The van der Waals surface area contributed by atoms with Crippen molar-refractivity contribution in [3.63, 3.8) is 0 Å². The van der Waals surface area contributed by atoms with Crippen molar-refractivity contribution in [2.45, 2.75) is 51.0 Å². The van der Waals surface area contributed by atoms with Gasteiger partial charge in [-0.2, -0.15) is 0 Å². The molecule has 42 heavy (non-hydrogen) atoms. The highest BCUT2D eigenvalue weighted by molar-refractivity contribution is 5.87. The molecule has 0 unspecified atom stereocenters. The SMILES string of the molecule is COC(=O)c1cccc(CN(CCO)CCO[C@@H]2CCCC[C@H]2OCCN(CCO)Cc2cccc(C(=O)OC)n2)n1. The van der Waals surface area contributed by atoms with Gasteiger partial charge in [0.1, 0.15) is 11.4 Å². The molecule has 0 saturated heterocycles. The second kappa shape index (κ2) is 18.5. The van der Waals surface area contributed by atoms with Crippen LogP contribution in [0.5, 0.6) is 0 Å². The first kappa shape index (κ1) is 33.5. The summed E-state index contributed by atoms with van der Waals surface area (Å²) in [6.45, 7) is 3.98. The van der Waals surface area contributed by atoms with Crippen LogP contribution < -0.4 is 0 Å². The lowest BCUT2D eigenvalue weighted by molar-refractivity contribution is -0.0983. The van der Waals surface area contributed by atoms with E-state index in [-0.39, 0.29) is 36.8 Å². The van der Waals surface area contributed by atoms with Crippen molar-refractivity contribution in [2.75, 3.05) is 66.8 Å². The van der Waals surface area contributed by atoms with Gasteiger partial charge in [-0.1, -0.05) is 25.0 Å². The first-order valence-electron chi connectivity index (χ1n) is 14.5. The minimum Gasteiger partial charge on any atom is -0.464 e. The van der Waals surface area contributed by atoms with Crippen LogP contribution >= 0.6 is 0 Å². The molecule has 0 spiro atoms. The van der Waals surface area contributed by atoms with Gasteiger partial charge in [-0.3, -0.25) is 9.80 Å². The molecule has 1 aliphatic rings. The van der Waals surface area contributed by atoms with Crippen molar-refractivity contribution in [3.8, 4) is 0 Å². The fraction of sp³-hybridized carbons (Fsp3) is 0.600. The summed E-state index contributed by atoms with van der Waals surface area (Å²) in [6.07, 6.45) is 3.93. The van der Waals surface area contributed by atoms with Crippen LogP contribution in [0.25, 0.3) is 0 Å². The Bertz CT molecular complexity index is 1020. The molecule has 232 valence electrons. The van der Waals surface area contributed by atoms with Gasteiger partial charge in [-0.05, 0) is 37.1 Å². The molecule has 0 radical (unpaired) electrons. The van der Waals surface area contributed by atoms with E-state index in [9.17, 15) is 19.8 Å². The van der Waals surface area contributed by atoms with Crippen molar-refractivity contribution >= 4 is 11.9 Å². The van der Waals surface area contributed by atoms with Gasteiger partial charge in [-0.15, -0.1) is 0 Å². The number of hydrogen-bond acceptors (Lipinski definition) is 12. The van der Waals surface area contributed by atoms with E-state index in [2.05, 4.69) is 9.97 Å². The van der Waals surface area contributed by atoms with Crippen molar-refractivity contribution in [2.24, 2.45) is 0 Å². The van der Waals surface area contributed by atoms with Gasteiger partial charge in [0.2, 0.25) is 0 Å². The Morgan fingerprint density at radius 2 is 1.17 bits per heavy atom. The molecule has 1 saturated carbocycles. The smallest absolute Gasteiger partial charge is 0.356 e. The molecule has 2 aromatic heterocycles. The summed E-state index contributed by atoms with van der Waals surface area (Å²) < 4.78 is 22.1. The highest BCUT2D eigenvalue weighted by atomic mass is 16.5. The Balaban J connectivity index is 1.48. The molecule has 0 amide bonds. The van der Waals surface area contributed by atoms with E-state index in [1.165, 1.54) is 14.2 Å². The molecule has 0 aliphatic heterocycles. The van der Waals surface area contributed by atoms with Crippen molar-refractivity contribution in [3.05, 3.63) is 59.2 Å². The average Bonchev–Trinajstić information content (AvgIpc) is 3.01. The highest BCUT2D eigenvalue weighted by Gasteiger charge is 2.27. The molecule has 0 aromatic carbocycles. The van der Waals surface area contributed by atoms with Gasteiger partial charge >= 0.3 is 11.9 Å². The van der Waals surface area contributed by atoms with Crippen molar-refractivity contribution < 1.29 is 38.7 Å². The molecule has 12 nitrogen and oxygen atoms in total. The topological polar surface area (TPSA) is 144 Å². The standard InChI is InChI=1S/C30H44N4O8/c1-39-29(37)25-9-5-7-23(31-25)21-33(13-17-35)15-19-41-27-11-3-4-12-28(27)42-20-16-34(14-18-36)22-24-8-6-10-26(32-24)30(38)40-2/h5-10,27-28,35-36H,3-4,11-22H2,1-2H3/t27-,28-/m1/s1. The average molecular weight is 589 g/mol. The number of aliphatic hydroxyl groups is 2. The fourth-order valence-electron chi connectivity index (χ4n) is 4.96. The Morgan fingerprint density at radius 3 is 1.55 bits per heavy atom. The monoisotopic (exact) mass is 588 g/mol. The van der Waals surface area contributed by atoms with Crippen LogP contribution in [0.4, 0.5) is 0 Å². The number of aromatic nitrogens is 2. The van der Waals surface area contributed by atoms with Crippen molar-refractivity contribution in [1.29, 1.82) is 0 Å². The van der Waals surface area contributed by atoms with E-state index in [0.717, 1.165) is 25.7 Å². The number of rotatable bonds is 18. The largest absolute Gasteiger partial charge is 0.464 e. The quantitative estimate of drug-likeness (QED) is 0.245. The number of esters is 2. The third-order valence-corrected chi connectivity index (χ3v) is 7.13. The van der Waals surface area contributed by atoms with Gasteiger partial charge in [0.15, 0.2) is 0 Å². The minimum absolute atomic E-state index is 0.00129. The Hall–Kier alpha value is -3.00. The molecule has 1 fully saturated rings. The lowest BCUT2D eigenvalue weighted by Gasteiger charge is -2.33. The maximum Gasteiger partial charge on any atom is 0.356 e. The van der Waals surface area contributed by atoms with Crippen LogP contribution in [-0.4, -0.2) is 121 Å². The molecule has 2 atom stereocenters. The molecule has 3 rings (SSSR count). The number of hydrogen-bond donors (Lipinski definition) is 2. The summed E-state index contributed by atoms with van der Waals surface area (Å²) in [5, 5.41) is 19.1. The molecular formula is C30H44N4O8. The van der Waals surface area contributed by atoms with Crippen LogP contribution in [0.1, 0.15) is 58.0 Å². The number of methoxy groups -OCH3 is 2. The van der Waals surface area contributed by atoms with Gasteiger partial charge in [-0.25, -0.2) is 19.6 Å². The molecule has 12 heteroatoms. The van der Waals surface area contributed by atoms with Gasteiger partial charge < -0.3 is 29.2 Å². The summed E-state index contributed by atoms with van der Waals surface area (Å²) >= 11 is 0. The molecule has 2 N–H and O–H groups in total. The number of pyridine rings is 2. The van der Waals surface area contributed by atoms with Crippen molar-refractivity contribution in [1.82, 2.24) is 19.8 Å². The van der Waals surface area contributed by atoms with Crippen LogP contribution in [-0.2, 0) is 32.0 Å². The Morgan fingerprint density at radius 1 is 0.738 bits per heavy atom. The second-order valence-electron chi connectivity index (χ2n) is 10.1. The molecule has 0 bridgehead atoms. The summed E-state index contributed by atoms with van der Waals surface area (Å²) in [6, 6.07) is 10.4. The van der Waals surface area contributed by atoms with Crippen LogP contribution in [0.2, 0.25) is 0 Å². The maximum atomic E-state index is 11.8. The van der Waals surface area contributed by atoms with E-state index in [4.69, 9.17) is 18.9 Å². The van der Waals surface area contributed by atoms with E-state index in [0.29, 0.717) is 63.9 Å². The minimum atomic E-state index is -0.485. The molecule has 2 aromatic rings. The second-order valence-corrected chi connectivity index (χ2v) is 10.1. The zero-order valence-corrected chi connectivity index (χ0v) is 24.7. The summed E-state index contributed by atoms with van der Waals surface area (Å²) in [5.41, 5.74) is 1.93. The summed E-state index contributed by atoms with van der Waals surface area (Å²) in [5.74, 6) is -0.970. The van der Waals surface area contributed by atoms with E-state index in [1.807, 2.05) is 21.9 Å². The lowest BCUT2D eigenvalue weighted by Crippen LogP contribution is -2.39. The number of carbonyl (C=O) groups excluding carboxylic acids is 2. The third kappa shape index (κ3) is 11.0. The number of nitrogens with zero attached hydrogens (tertiary/aromatic N) is 4. The predicted octanol–water partition coefficient (Wildman–Crippen LogP) is 1.68. The lowest BCUT2D eigenvalue weighted by atomic mass is 9.94. The van der Waals surface area contributed by atoms with Gasteiger partial charge in [0.05, 0.1) is 64.2 Å². The Kier molecular flexibility index (Phi) is 14.8. The zero-order valence-electron chi connectivity index (χ0n) is 24.7. The molecule has 1 aliphatic carbocycles. The fourth-order valence-corrected chi connectivity index (χ4v) is 4.96.